The van der Waals surface area contributed by atoms with E-state index in [0.717, 1.165) is 0 Å². The summed E-state index contributed by atoms with van der Waals surface area (Å²) in [6, 6.07) is -0.452. The highest BCUT2D eigenvalue weighted by Crippen LogP contribution is 2.04. The predicted octanol–water partition coefficient (Wildman–Crippen LogP) is -0.582. The van der Waals surface area contributed by atoms with Gasteiger partial charge >= 0.3 is 12.0 Å². The zero-order chi connectivity index (χ0) is 14.5. The topological polar surface area (TPSA) is 127 Å². The summed E-state index contributed by atoms with van der Waals surface area (Å²) in [5, 5.41) is 21.5. The van der Waals surface area contributed by atoms with E-state index in [1.165, 1.54) is 28.1 Å². The lowest BCUT2D eigenvalue weighted by molar-refractivity contribution is -0.137. The van der Waals surface area contributed by atoms with Crippen molar-refractivity contribution in [1.29, 1.82) is 0 Å². The van der Waals surface area contributed by atoms with Crippen molar-refractivity contribution < 1.29 is 14.7 Å². The van der Waals surface area contributed by atoms with Crippen LogP contribution < -0.4 is 10.6 Å². The number of carboxylic acid groups (broad SMARTS) is 1. The SMILES string of the molecule is Cn1cnc(CNC(=O)Nc2cnn(CC(=O)O)c2)n1. The molecule has 2 rings (SSSR count). The van der Waals surface area contributed by atoms with Gasteiger partial charge in [0.1, 0.15) is 12.9 Å². The molecule has 2 heterocycles. The van der Waals surface area contributed by atoms with Crippen LogP contribution in [0.1, 0.15) is 5.82 Å². The maximum absolute atomic E-state index is 11.6. The van der Waals surface area contributed by atoms with Crippen molar-refractivity contribution >= 4 is 17.7 Å². The van der Waals surface area contributed by atoms with Gasteiger partial charge in [0.2, 0.25) is 0 Å². The third-order valence-corrected chi connectivity index (χ3v) is 2.24. The number of urea groups is 1. The summed E-state index contributed by atoms with van der Waals surface area (Å²) >= 11 is 0. The van der Waals surface area contributed by atoms with Gasteiger partial charge < -0.3 is 15.7 Å². The van der Waals surface area contributed by atoms with Crippen LogP contribution in [0.5, 0.6) is 0 Å². The maximum atomic E-state index is 11.6. The van der Waals surface area contributed by atoms with Crippen LogP contribution in [0, 0.1) is 0 Å². The number of carboxylic acids is 1. The summed E-state index contributed by atoms with van der Waals surface area (Å²) in [7, 11) is 1.73. The Balaban J connectivity index is 1.82. The van der Waals surface area contributed by atoms with E-state index in [0.29, 0.717) is 11.5 Å². The van der Waals surface area contributed by atoms with Crippen molar-refractivity contribution in [2.45, 2.75) is 13.1 Å². The molecule has 0 aliphatic heterocycles. The fourth-order valence-electron chi connectivity index (χ4n) is 1.45. The monoisotopic (exact) mass is 279 g/mol. The normalized spacial score (nSPS) is 10.2. The molecule has 0 aliphatic rings. The van der Waals surface area contributed by atoms with Crippen molar-refractivity contribution in [3.05, 3.63) is 24.5 Å². The molecule has 106 valence electrons. The lowest BCUT2D eigenvalue weighted by atomic mass is 10.5. The number of aromatic nitrogens is 5. The number of nitrogens with zero attached hydrogens (tertiary/aromatic N) is 5. The number of hydrogen-bond acceptors (Lipinski definition) is 5. The van der Waals surface area contributed by atoms with Gasteiger partial charge in [-0.1, -0.05) is 0 Å². The van der Waals surface area contributed by atoms with Gasteiger partial charge in [-0.05, 0) is 0 Å². The first-order chi connectivity index (χ1) is 9.52. The van der Waals surface area contributed by atoms with Crippen LogP contribution in [0.2, 0.25) is 0 Å². The minimum absolute atomic E-state index is 0.190. The highest BCUT2D eigenvalue weighted by atomic mass is 16.4. The number of rotatable bonds is 5. The highest BCUT2D eigenvalue weighted by molar-refractivity contribution is 5.88. The molecule has 2 aromatic heterocycles. The van der Waals surface area contributed by atoms with E-state index in [4.69, 9.17) is 5.11 Å². The summed E-state index contributed by atoms with van der Waals surface area (Å²) in [4.78, 5) is 26.0. The minimum atomic E-state index is -1.01. The number of hydrogen-bond donors (Lipinski definition) is 3. The number of aliphatic carboxylic acids is 1. The second-order valence-corrected chi connectivity index (χ2v) is 3.96. The van der Waals surface area contributed by atoms with E-state index < -0.39 is 12.0 Å². The Bertz CT molecular complexity index is 618. The summed E-state index contributed by atoms with van der Waals surface area (Å²) in [5.74, 6) is -0.519. The molecule has 3 N–H and O–H groups in total. The molecule has 2 aromatic rings. The van der Waals surface area contributed by atoms with E-state index >= 15 is 0 Å². The minimum Gasteiger partial charge on any atom is -0.480 e. The highest BCUT2D eigenvalue weighted by Gasteiger charge is 2.07. The van der Waals surface area contributed by atoms with Crippen LogP contribution in [-0.2, 0) is 24.9 Å². The molecule has 0 saturated carbocycles. The molecular formula is C10H13N7O3. The fraction of sp³-hybridized carbons (Fsp3) is 0.300. The van der Waals surface area contributed by atoms with Gasteiger partial charge in [0.25, 0.3) is 0 Å². The Kier molecular flexibility index (Phi) is 3.93. The van der Waals surface area contributed by atoms with Crippen molar-refractivity contribution in [2.75, 3.05) is 5.32 Å². The summed E-state index contributed by atoms with van der Waals surface area (Å²) in [6.45, 7) is -0.0723. The van der Waals surface area contributed by atoms with Gasteiger partial charge in [0.05, 0.1) is 18.4 Å². The van der Waals surface area contributed by atoms with Gasteiger partial charge in [-0.25, -0.2) is 9.78 Å². The van der Waals surface area contributed by atoms with Crippen molar-refractivity contribution in [1.82, 2.24) is 29.9 Å². The standard InChI is InChI=1S/C10H13N7O3/c1-16-6-12-8(15-16)3-11-10(20)14-7-2-13-17(4-7)5-9(18)19/h2,4,6H,3,5H2,1H3,(H,18,19)(H2,11,14,20). The Labute approximate surface area is 113 Å². The fourth-order valence-corrected chi connectivity index (χ4v) is 1.45. The van der Waals surface area contributed by atoms with E-state index in [9.17, 15) is 9.59 Å². The maximum Gasteiger partial charge on any atom is 0.325 e. The quantitative estimate of drug-likeness (QED) is 0.672. The number of aryl methyl sites for hydroxylation is 1. The molecule has 0 bridgehead atoms. The number of carbonyl (C=O) groups is 2. The molecule has 0 saturated heterocycles. The first-order valence-electron chi connectivity index (χ1n) is 5.66. The van der Waals surface area contributed by atoms with Crippen molar-refractivity contribution in [3.8, 4) is 0 Å². The molecule has 20 heavy (non-hydrogen) atoms. The Morgan fingerprint density at radius 2 is 2.25 bits per heavy atom. The van der Waals surface area contributed by atoms with Crippen molar-refractivity contribution in [2.24, 2.45) is 7.05 Å². The number of nitrogens with one attached hydrogen (secondary N) is 2. The van der Waals surface area contributed by atoms with Crippen LogP contribution >= 0.6 is 0 Å². The summed E-state index contributed by atoms with van der Waals surface area (Å²) in [5.41, 5.74) is 0.401. The zero-order valence-electron chi connectivity index (χ0n) is 10.6. The molecule has 0 fully saturated rings. The third kappa shape index (κ3) is 3.80. The average molecular weight is 279 g/mol. The molecule has 0 unspecified atom stereocenters. The molecule has 2 amide bonds. The molecule has 0 aromatic carbocycles. The van der Waals surface area contributed by atoms with Crippen LogP contribution in [0.3, 0.4) is 0 Å². The summed E-state index contributed by atoms with van der Waals surface area (Å²) in [6.07, 6.45) is 4.32. The van der Waals surface area contributed by atoms with Crippen molar-refractivity contribution in [3.63, 3.8) is 0 Å². The molecule has 0 radical (unpaired) electrons. The van der Waals surface area contributed by atoms with Gasteiger partial charge in [0, 0.05) is 13.2 Å². The molecule has 10 heteroatoms. The molecule has 0 spiro atoms. The Hall–Kier alpha value is -2.91. The smallest absolute Gasteiger partial charge is 0.325 e. The van der Waals surface area contributed by atoms with E-state index in [-0.39, 0.29) is 13.1 Å². The lowest BCUT2D eigenvalue weighted by Gasteiger charge is -2.03. The van der Waals surface area contributed by atoms with E-state index in [1.807, 2.05) is 0 Å². The van der Waals surface area contributed by atoms with Crippen LogP contribution in [0.25, 0.3) is 0 Å². The predicted molar refractivity (Wildman–Crippen MR) is 66.7 cm³/mol. The first kappa shape index (κ1) is 13.5. The van der Waals surface area contributed by atoms with Gasteiger partial charge in [-0.2, -0.15) is 10.2 Å². The largest absolute Gasteiger partial charge is 0.480 e. The molecular weight excluding hydrogens is 266 g/mol. The number of anilines is 1. The first-order valence-corrected chi connectivity index (χ1v) is 5.66. The van der Waals surface area contributed by atoms with Crippen LogP contribution in [0.15, 0.2) is 18.7 Å². The van der Waals surface area contributed by atoms with Gasteiger partial charge in [0.15, 0.2) is 5.82 Å². The lowest BCUT2D eigenvalue weighted by Crippen LogP contribution is -2.28. The number of amides is 2. The molecule has 0 aliphatic carbocycles. The Morgan fingerprint density at radius 1 is 1.45 bits per heavy atom. The van der Waals surface area contributed by atoms with Gasteiger partial charge in [-0.15, -0.1) is 0 Å². The molecule has 10 nitrogen and oxygen atoms in total. The second kappa shape index (κ2) is 5.82. The second-order valence-electron chi connectivity index (χ2n) is 3.96. The van der Waals surface area contributed by atoms with E-state index in [1.54, 1.807) is 7.05 Å². The van der Waals surface area contributed by atoms with Gasteiger partial charge in [-0.3, -0.25) is 14.2 Å². The number of carbonyl (C=O) groups excluding carboxylic acids is 1. The van der Waals surface area contributed by atoms with E-state index in [2.05, 4.69) is 25.8 Å². The van der Waals surface area contributed by atoms with Crippen LogP contribution in [-0.4, -0.2) is 41.7 Å². The zero-order valence-corrected chi connectivity index (χ0v) is 10.6. The van der Waals surface area contributed by atoms with Crippen LogP contribution in [0.4, 0.5) is 10.5 Å². The Morgan fingerprint density at radius 3 is 2.90 bits per heavy atom. The molecule has 0 atom stereocenters. The average Bonchev–Trinajstić information content (AvgIpc) is 2.95. The third-order valence-electron chi connectivity index (χ3n) is 2.24. The summed E-state index contributed by atoms with van der Waals surface area (Å²) < 4.78 is 2.74.